The Balaban J connectivity index is 2.19. The predicted molar refractivity (Wildman–Crippen MR) is 73.3 cm³/mol. The van der Waals surface area contributed by atoms with Gasteiger partial charge in [0, 0.05) is 31.2 Å². The van der Waals surface area contributed by atoms with Gasteiger partial charge in [0.05, 0.1) is 6.61 Å². The molecule has 4 nitrogen and oxygen atoms in total. The van der Waals surface area contributed by atoms with Gasteiger partial charge in [0.1, 0.15) is 0 Å². The Bertz CT molecular complexity index is 490. The van der Waals surface area contributed by atoms with Crippen LogP contribution in [0, 0.1) is 6.92 Å². The van der Waals surface area contributed by atoms with Gasteiger partial charge in [-0.2, -0.15) is 0 Å². The number of imidazole rings is 1. The van der Waals surface area contributed by atoms with Crippen LogP contribution in [0.1, 0.15) is 12.5 Å². The van der Waals surface area contributed by atoms with Crippen LogP contribution in [-0.4, -0.2) is 29.3 Å². The summed E-state index contributed by atoms with van der Waals surface area (Å²) in [6.07, 6.45) is 3.74. The molecule has 1 atom stereocenters. The van der Waals surface area contributed by atoms with Crippen molar-refractivity contribution in [1.29, 1.82) is 0 Å². The predicted octanol–water partition coefficient (Wildman–Crippen LogP) is 2.63. The number of rotatable bonds is 5. The van der Waals surface area contributed by atoms with Crippen LogP contribution >= 0.6 is 0 Å². The molecule has 2 aromatic rings. The second-order valence-electron chi connectivity index (χ2n) is 4.46. The summed E-state index contributed by atoms with van der Waals surface area (Å²) in [5.41, 5.74) is 2.35. The molecule has 0 aliphatic carbocycles. The first-order valence-electron chi connectivity index (χ1n) is 6.06. The van der Waals surface area contributed by atoms with Crippen molar-refractivity contribution >= 4 is 5.95 Å². The average Bonchev–Trinajstić information content (AvgIpc) is 2.78. The van der Waals surface area contributed by atoms with Crippen LogP contribution < -0.4 is 5.32 Å². The van der Waals surface area contributed by atoms with Crippen LogP contribution in [0.2, 0.25) is 0 Å². The summed E-state index contributed by atoms with van der Waals surface area (Å²) in [7, 11) is 1.70. The molecule has 0 aliphatic heterocycles. The van der Waals surface area contributed by atoms with Crippen LogP contribution in [0.15, 0.2) is 36.7 Å². The third-order valence-electron chi connectivity index (χ3n) is 2.75. The van der Waals surface area contributed by atoms with Crippen molar-refractivity contribution in [3.63, 3.8) is 0 Å². The van der Waals surface area contributed by atoms with Gasteiger partial charge in [0.15, 0.2) is 0 Å². The van der Waals surface area contributed by atoms with Crippen molar-refractivity contribution in [3.8, 4) is 5.69 Å². The molecule has 1 unspecified atom stereocenters. The molecule has 0 saturated carbocycles. The lowest BCUT2D eigenvalue weighted by Gasteiger charge is -2.15. The van der Waals surface area contributed by atoms with E-state index in [9.17, 15) is 0 Å². The average molecular weight is 245 g/mol. The second-order valence-corrected chi connectivity index (χ2v) is 4.46. The number of anilines is 1. The van der Waals surface area contributed by atoms with E-state index in [4.69, 9.17) is 4.74 Å². The molecule has 0 aliphatic rings. The third kappa shape index (κ3) is 2.90. The molecule has 1 aromatic heterocycles. The van der Waals surface area contributed by atoms with E-state index in [1.54, 1.807) is 13.3 Å². The van der Waals surface area contributed by atoms with Crippen molar-refractivity contribution < 1.29 is 4.74 Å². The minimum absolute atomic E-state index is 0.224. The zero-order valence-corrected chi connectivity index (χ0v) is 11.1. The highest BCUT2D eigenvalue weighted by Crippen LogP contribution is 2.15. The molecule has 0 saturated heterocycles. The first-order chi connectivity index (χ1) is 8.70. The smallest absolute Gasteiger partial charge is 0.207 e. The summed E-state index contributed by atoms with van der Waals surface area (Å²) in [6.45, 7) is 4.80. The highest BCUT2D eigenvalue weighted by molar-refractivity contribution is 5.43. The van der Waals surface area contributed by atoms with Gasteiger partial charge in [-0.25, -0.2) is 4.98 Å². The Morgan fingerprint density at radius 3 is 2.72 bits per heavy atom. The molecule has 1 heterocycles. The normalized spacial score (nSPS) is 12.4. The lowest BCUT2D eigenvalue weighted by atomic mass is 10.2. The monoisotopic (exact) mass is 245 g/mol. The van der Waals surface area contributed by atoms with Crippen molar-refractivity contribution in [2.45, 2.75) is 19.9 Å². The number of ether oxygens (including phenoxy) is 1. The molecule has 0 amide bonds. The standard InChI is InChI=1S/C14H19N3O/c1-11-4-6-13(7-5-11)17-9-8-15-14(17)16-12(2)10-18-3/h4-9,12H,10H2,1-3H3,(H,15,16). The Kier molecular flexibility index (Phi) is 3.99. The minimum Gasteiger partial charge on any atom is -0.383 e. The third-order valence-corrected chi connectivity index (χ3v) is 2.75. The Hall–Kier alpha value is -1.81. The fourth-order valence-electron chi connectivity index (χ4n) is 1.84. The van der Waals surface area contributed by atoms with Crippen molar-refractivity contribution in [3.05, 3.63) is 42.2 Å². The van der Waals surface area contributed by atoms with Gasteiger partial charge in [-0.3, -0.25) is 4.57 Å². The number of hydrogen-bond acceptors (Lipinski definition) is 3. The van der Waals surface area contributed by atoms with Crippen molar-refractivity contribution in [1.82, 2.24) is 9.55 Å². The summed E-state index contributed by atoms with van der Waals surface area (Å²) < 4.78 is 7.15. The molecule has 4 heteroatoms. The van der Waals surface area contributed by atoms with E-state index in [2.05, 4.69) is 48.4 Å². The van der Waals surface area contributed by atoms with Gasteiger partial charge in [-0.1, -0.05) is 17.7 Å². The molecule has 0 fully saturated rings. The van der Waals surface area contributed by atoms with E-state index in [0.29, 0.717) is 6.61 Å². The van der Waals surface area contributed by atoms with Crippen LogP contribution in [0.25, 0.3) is 5.69 Å². The molecule has 0 spiro atoms. The van der Waals surface area contributed by atoms with Crippen LogP contribution in [0.3, 0.4) is 0 Å². The number of benzene rings is 1. The minimum atomic E-state index is 0.224. The van der Waals surface area contributed by atoms with Gasteiger partial charge in [-0.05, 0) is 26.0 Å². The lowest BCUT2D eigenvalue weighted by molar-refractivity contribution is 0.190. The highest BCUT2D eigenvalue weighted by atomic mass is 16.5. The fraction of sp³-hybridized carbons (Fsp3) is 0.357. The summed E-state index contributed by atoms with van der Waals surface area (Å²) in [6, 6.07) is 8.59. The Labute approximate surface area is 108 Å². The number of nitrogens with one attached hydrogen (secondary N) is 1. The van der Waals surface area contributed by atoms with E-state index in [0.717, 1.165) is 11.6 Å². The SMILES string of the molecule is COCC(C)Nc1nccn1-c1ccc(C)cc1. The summed E-state index contributed by atoms with van der Waals surface area (Å²) in [5, 5.41) is 3.33. The fourth-order valence-corrected chi connectivity index (χ4v) is 1.84. The zero-order chi connectivity index (χ0) is 13.0. The molecule has 96 valence electrons. The van der Waals surface area contributed by atoms with Crippen LogP contribution in [0.5, 0.6) is 0 Å². The summed E-state index contributed by atoms with van der Waals surface area (Å²) in [4.78, 5) is 4.33. The maximum absolute atomic E-state index is 5.11. The maximum Gasteiger partial charge on any atom is 0.207 e. The first kappa shape index (κ1) is 12.6. The largest absolute Gasteiger partial charge is 0.383 e. The summed E-state index contributed by atoms with van der Waals surface area (Å²) >= 11 is 0. The van der Waals surface area contributed by atoms with E-state index < -0.39 is 0 Å². The first-order valence-corrected chi connectivity index (χ1v) is 6.06. The molecule has 1 N–H and O–H groups in total. The molecular formula is C14H19N3O. The van der Waals surface area contributed by atoms with Gasteiger partial charge in [0.25, 0.3) is 0 Å². The number of aromatic nitrogens is 2. The van der Waals surface area contributed by atoms with Crippen molar-refractivity contribution in [2.75, 3.05) is 19.0 Å². The van der Waals surface area contributed by atoms with Gasteiger partial charge >= 0.3 is 0 Å². The van der Waals surface area contributed by atoms with Crippen molar-refractivity contribution in [2.24, 2.45) is 0 Å². The lowest BCUT2D eigenvalue weighted by Crippen LogP contribution is -2.22. The molecule has 0 radical (unpaired) electrons. The molecule has 18 heavy (non-hydrogen) atoms. The zero-order valence-electron chi connectivity index (χ0n) is 11.1. The van der Waals surface area contributed by atoms with Crippen LogP contribution in [0.4, 0.5) is 5.95 Å². The van der Waals surface area contributed by atoms with Gasteiger partial charge in [0.2, 0.25) is 5.95 Å². The quantitative estimate of drug-likeness (QED) is 0.880. The maximum atomic E-state index is 5.11. The van der Waals surface area contributed by atoms with Crippen LogP contribution in [-0.2, 0) is 4.74 Å². The number of hydrogen-bond donors (Lipinski definition) is 1. The molecule has 2 rings (SSSR count). The Morgan fingerprint density at radius 2 is 2.06 bits per heavy atom. The van der Waals surface area contributed by atoms with E-state index in [-0.39, 0.29) is 6.04 Å². The number of nitrogens with zero attached hydrogens (tertiary/aromatic N) is 2. The van der Waals surface area contributed by atoms with Gasteiger partial charge < -0.3 is 10.1 Å². The molecular weight excluding hydrogens is 226 g/mol. The Morgan fingerprint density at radius 1 is 1.33 bits per heavy atom. The number of methoxy groups -OCH3 is 1. The molecule has 1 aromatic carbocycles. The second kappa shape index (κ2) is 5.69. The topological polar surface area (TPSA) is 39.1 Å². The van der Waals surface area contributed by atoms with E-state index >= 15 is 0 Å². The summed E-state index contributed by atoms with van der Waals surface area (Å²) in [5.74, 6) is 0.836. The highest BCUT2D eigenvalue weighted by Gasteiger charge is 2.08. The van der Waals surface area contributed by atoms with E-state index in [1.165, 1.54) is 5.56 Å². The van der Waals surface area contributed by atoms with Gasteiger partial charge in [-0.15, -0.1) is 0 Å². The molecule has 0 bridgehead atoms. The van der Waals surface area contributed by atoms with E-state index in [1.807, 2.05) is 10.8 Å². The number of aryl methyl sites for hydroxylation is 1.